The molecule has 10 heteroatoms. The number of aromatic nitrogens is 7. The average Bonchev–Trinajstić information content (AvgIpc) is 3.59. The third-order valence-electron chi connectivity index (χ3n) is 6.33. The summed E-state index contributed by atoms with van der Waals surface area (Å²) in [5.74, 6) is 0.818. The fraction of sp³-hybridized carbons (Fsp3) is 0.160. The Balaban J connectivity index is 1.31. The topological polar surface area (TPSA) is 125 Å². The van der Waals surface area contributed by atoms with Gasteiger partial charge >= 0.3 is 0 Å². The lowest BCUT2D eigenvalue weighted by atomic mass is 10.1. The highest BCUT2D eigenvalue weighted by molar-refractivity contribution is 7.15. The largest absolute Gasteiger partial charge is 0.352 e. The number of pyridine rings is 2. The van der Waals surface area contributed by atoms with E-state index in [9.17, 15) is 0 Å². The van der Waals surface area contributed by atoms with E-state index in [2.05, 4.69) is 55.2 Å². The van der Waals surface area contributed by atoms with Crippen LogP contribution in [0.5, 0.6) is 0 Å². The molecule has 0 amide bonds. The number of aromatic amines is 2. The summed E-state index contributed by atoms with van der Waals surface area (Å²) in [7, 11) is 0. The molecule has 0 radical (unpaired) electrons. The number of rotatable bonds is 4. The minimum Gasteiger partial charge on any atom is -0.352 e. The number of H-pyrrole nitrogens is 2. The van der Waals surface area contributed by atoms with Crippen LogP contribution in [0.1, 0.15) is 4.88 Å². The Morgan fingerprint density at radius 3 is 2.69 bits per heavy atom. The van der Waals surface area contributed by atoms with Crippen LogP contribution in [0.4, 0.5) is 5.82 Å². The molecule has 1 fully saturated rings. The maximum absolute atomic E-state index is 5.93. The molecule has 7 heterocycles. The summed E-state index contributed by atoms with van der Waals surface area (Å²) in [6.07, 6.45) is 7.27. The van der Waals surface area contributed by atoms with Gasteiger partial charge in [0.05, 0.1) is 41.0 Å². The molecule has 0 atom stereocenters. The van der Waals surface area contributed by atoms with Gasteiger partial charge < -0.3 is 15.6 Å². The Hall–Kier alpha value is -4.15. The van der Waals surface area contributed by atoms with Gasteiger partial charge in [-0.05, 0) is 37.3 Å². The van der Waals surface area contributed by atoms with Crippen molar-refractivity contribution in [2.45, 2.75) is 13.0 Å². The number of nitrogens with zero attached hydrogens (tertiary/aromatic N) is 6. The molecule has 1 aliphatic rings. The summed E-state index contributed by atoms with van der Waals surface area (Å²) in [5.41, 5.74) is 12.7. The second-order valence-corrected chi connectivity index (χ2v) is 10.1. The maximum atomic E-state index is 5.93. The Bertz CT molecular complexity index is 1710. The summed E-state index contributed by atoms with van der Waals surface area (Å²) >= 11 is 1.76. The molecule has 0 spiro atoms. The van der Waals surface area contributed by atoms with Gasteiger partial charge in [-0.15, -0.1) is 11.3 Å². The van der Waals surface area contributed by atoms with Crippen LogP contribution in [-0.4, -0.2) is 54.2 Å². The number of nitrogens with one attached hydrogen (secondary N) is 2. The normalized spacial score (nSPS) is 14.2. The first-order valence-electron chi connectivity index (χ1n) is 11.3. The zero-order valence-electron chi connectivity index (χ0n) is 18.9. The SMILES string of the molecule is Cc1ccc(-c2cncc3[nH]c(-c4n[nH]c5ccc(-c6cncc(N7CC(N)C7)n6)nc45)cc23)s1. The zero-order chi connectivity index (χ0) is 23.5. The van der Waals surface area contributed by atoms with Crippen LogP contribution in [-0.2, 0) is 0 Å². The lowest BCUT2D eigenvalue weighted by Crippen LogP contribution is -2.56. The van der Waals surface area contributed by atoms with Crippen LogP contribution in [0.2, 0.25) is 0 Å². The van der Waals surface area contributed by atoms with E-state index < -0.39 is 0 Å². The molecule has 4 N–H and O–H groups in total. The fourth-order valence-electron chi connectivity index (χ4n) is 4.51. The number of anilines is 1. The van der Waals surface area contributed by atoms with Gasteiger partial charge in [0.25, 0.3) is 0 Å². The average molecular weight is 480 g/mol. The predicted octanol–water partition coefficient (Wildman–Crippen LogP) is 4.14. The third-order valence-corrected chi connectivity index (χ3v) is 7.37. The van der Waals surface area contributed by atoms with Gasteiger partial charge in [0, 0.05) is 46.0 Å². The molecule has 0 bridgehead atoms. The Morgan fingerprint density at radius 1 is 0.971 bits per heavy atom. The zero-order valence-corrected chi connectivity index (χ0v) is 19.7. The molecule has 1 saturated heterocycles. The van der Waals surface area contributed by atoms with Crippen LogP contribution in [0.25, 0.3) is 55.2 Å². The molecule has 9 nitrogen and oxygen atoms in total. The molecule has 0 aliphatic carbocycles. The molecule has 0 unspecified atom stereocenters. The van der Waals surface area contributed by atoms with Crippen molar-refractivity contribution in [3.8, 4) is 33.2 Å². The molecule has 1 aliphatic heterocycles. The maximum Gasteiger partial charge on any atom is 0.147 e. The predicted molar refractivity (Wildman–Crippen MR) is 138 cm³/mol. The van der Waals surface area contributed by atoms with E-state index in [0.29, 0.717) is 5.69 Å². The number of fused-ring (bicyclic) bond motifs is 2. The molecule has 6 aromatic heterocycles. The minimum absolute atomic E-state index is 0.194. The van der Waals surface area contributed by atoms with E-state index in [1.165, 1.54) is 9.75 Å². The molecule has 0 saturated carbocycles. The van der Waals surface area contributed by atoms with Gasteiger partial charge in [0.15, 0.2) is 0 Å². The van der Waals surface area contributed by atoms with Crippen LogP contribution >= 0.6 is 11.3 Å². The minimum atomic E-state index is 0.194. The van der Waals surface area contributed by atoms with Gasteiger partial charge in [-0.3, -0.25) is 15.1 Å². The van der Waals surface area contributed by atoms with Gasteiger partial charge in [-0.2, -0.15) is 5.10 Å². The van der Waals surface area contributed by atoms with Crippen molar-refractivity contribution in [2.24, 2.45) is 5.73 Å². The molecule has 0 aromatic carbocycles. The van der Waals surface area contributed by atoms with Crippen molar-refractivity contribution >= 4 is 39.1 Å². The molecule has 35 heavy (non-hydrogen) atoms. The molecule has 172 valence electrons. The first-order valence-corrected chi connectivity index (χ1v) is 12.2. The summed E-state index contributed by atoms with van der Waals surface area (Å²) in [5, 5.41) is 8.80. The number of nitrogens with two attached hydrogens (primary N) is 1. The quantitative estimate of drug-likeness (QED) is 0.347. The van der Waals surface area contributed by atoms with Gasteiger partial charge in [-0.1, -0.05) is 0 Å². The van der Waals surface area contributed by atoms with Crippen LogP contribution in [0.3, 0.4) is 0 Å². The smallest absolute Gasteiger partial charge is 0.147 e. The second-order valence-electron chi connectivity index (χ2n) is 8.83. The molecular formula is C25H21N9S. The first-order chi connectivity index (χ1) is 17.1. The van der Waals surface area contributed by atoms with E-state index in [0.717, 1.165) is 63.5 Å². The molecule has 6 aromatic rings. The van der Waals surface area contributed by atoms with Gasteiger partial charge in [0.2, 0.25) is 0 Å². The highest BCUT2D eigenvalue weighted by atomic mass is 32.1. The van der Waals surface area contributed by atoms with Crippen LogP contribution in [0.15, 0.2) is 55.1 Å². The summed E-state index contributed by atoms with van der Waals surface area (Å²) in [6.45, 7) is 3.69. The number of thiophene rings is 1. The molecule has 7 rings (SSSR count). The summed E-state index contributed by atoms with van der Waals surface area (Å²) < 4.78 is 0. The number of aryl methyl sites for hydroxylation is 1. The second kappa shape index (κ2) is 7.69. The van der Waals surface area contributed by atoms with Crippen molar-refractivity contribution in [1.29, 1.82) is 0 Å². The van der Waals surface area contributed by atoms with Crippen molar-refractivity contribution in [3.63, 3.8) is 0 Å². The van der Waals surface area contributed by atoms with Crippen molar-refractivity contribution < 1.29 is 0 Å². The first kappa shape index (κ1) is 20.2. The lowest BCUT2D eigenvalue weighted by molar-refractivity contribution is 0.514. The summed E-state index contributed by atoms with van der Waals surface area (Å²) in [6, 6.07) is 10.5. The van der Waals surface area contributed by atoms with Crippen molar-refractivity contribution in [1.82, 2.24) is 35.1 Å². The van der Waals surface area contributed by atoms with E-state index >= 15 is 0 Å². The van der Waals surface area contributed by atoms with Crippen LogP contribution in [0, 0.1) is 6.92 Å². The van der Waals surface area contributed by atoms with Crippen molar-refractivity contribution in [2.75, 3.05) is 18.0 Å². The Morgan fingerprint density at radius 2 is 1.86 bits per heavy atom. The number of hydrogen-bond acceptors (Lipinski definition) is 8. The van der Waals surface area contributed by atoms with Gasteiger partial charge in [-0.25, -0.2) is 9.97 Å². The monoisotopic (exact) mass is 479 g/mol. The molecular weight excluding hydrogens is 458 g/mol. The number of hydrogen-bond donors (Lipinski definition) is 3. The standard InChI is InChI=1S/C25H21N9S/c1-13-2-5-22(35-13)16-7-27-8-20-15(16)6-19(29-20)25-24-18(32-33-25)4-3-17(31-24)21-9-28-10-23(30-21)34-11-14(26)12-34/h2-10,14,29H,11-12,26H2,1H3,(H,32,33). The third kappa shape index (κ3) is 3.37. The highest BCUT2D eigenvalue weighted by Crippen LogP contribution is 2.36. The Kier molecular flexibility index (Phi) is 4.45. The summed E-state index contributed by atoms with van der Waals surface area (Å²) in [4.78, 5) is 26.6. The van der Waals surface area contributed by atoms with E-state index in [1.807, 2.05) is 24.5 Å². The van der Waals surface area contributed by atoms with E-state index in [-0.39, 0.29) is 6.04 Å². The van der Waals surface area contributed by atoms with Crippen LogP contribution < -0.4 is 10.6 Å². The fourth-order valence-corrected chi connectivity index (χ4v) is 5.41. The van der Waals surface area contributed by atoms with E-state index in [1.54, 1.807) is 23.7 Å². The highest BCUT2D eigenvalue weighted by Gasteiger charge is 2.25. The van der Waals surface area contributed by atoms with Gasteiger partial charge in [0.1, 0.15) is 22.7 Å². The Labute approximate surface area is 204 Å². The van der Waals surface area contributed by atoms with Crippen molar-refractivity contribution in [3.05, 3.63) is 60.0 Å². The lowest BCUT2D eigenvalue weighted by Gasteiger charge is -2.37. The van der Waals surface area contributed by atoms with E-state index in [4.69, 9.17) is 15.7 Å².